The van der Waals surface area contributed by atoms with Gasteiger partial charge in [0.2, 0.25) is 0 Å². The molecule has 0 saturated carbocycles. The number of aromatic amines is 1. The Morgan fingerprint density at radius 3 is 2.13 bits per heavy atom. The molecular formula is C13H16N2. The first-order chi connectivity index (χ1) is 7.07. The van der Waals surface area contributed by atoms with E-state index in [4.69, 9.17) is 0 Å². The van der Waals surface area contributed by atoms with Gasteiger partial charge in [0.25, 0.3) is 0 Å². The van der Waals surface area contributed by atoms with Gasteiger partial charge in [-0.2, -0.15) is 5.10 Å². The van der Waals surface area contributed by atoms with Crippen LogP contribution in [-0.4, -0.2) is 10.2 Å². The van der Waals surface area contributed by atoms with Gasteiger partial charge in [0.1, 0.15) is 0 Å². The van der Waals surface area contributed by atoms with Gasteiger partial charge in [0.05, 0.1) is 5.69 Å². The SMILES string of the molecule is CC(C)(C)c1ccc(-c2ccn[nH]2)cc1. The van der Waals surface area contributed by atoms with Crippen LogP contribution in [0.5, 0.6) is 0 Å². The van der Waals surface area contributed by atoms with E-state index in [2.05, 4.69) is 55.2 Å². The van der Waals surface area contributed by atoms with E-state index in [1.807, 2.05) is 6.07 Å². The summed E-state index contributed by atoms with van der Waals surface area (Å²) in [6.45, 7) is 6.66. The molecule has 1 aromatic carbocycles. The van der Waals surface area contributed by atoms with Gasteiger partial charge in [-0.15, -0.1) is 0 Å². The topological polar surface area (TPSA) is 28.7 Å². The first kappa shape index (κ1) is 9.97. The van der Waals surface area contributed by atoms with Crippen molar-refractivity contribution < 1.29 is 0 Å². The highest BCUT2D eigenvalue weighted by Gasteiger charge is 2.12. The van der Waals surface area contributed by atoms with Crippen molar-refractivity contribution in [3.05, 3.63) is 42.1 Å². The summed E-state index contributed by atoms with van der Waals surface area (Å²) < 4.78 is 0. The fourth-order valence-electron chi connectivity index (χ4n) is 1.57. The second kappa shape index (κ2) is 3.54. The van der Waals surface area contributed by atoms with Crippen molar-refractivity contribution in [2.75, 3.05) is 0 Å². The van der Waals surface area contributed by atoms with Crippen LogP contribution < -0.4 is 0 Å². The lowest BCUT2D eigenvalue weighted by atomic mass is 9.86. The van der Waals surface area contributed by atoms with Crippen molar-refractivity contribution in [1.82, 2.24) is 10.2 Å². The summed E-state index contributed by atoms with van der Waals surface area (Å²) in [5.74, 6) is 0. The molecule has 0 aliphatic heterocycles. The van der Waals surface area contributed by atoms with Crippen LogP contribution in [0.4, 0.5) is 0 Å². The lowest BCUT2D eigenvalue weighted by molar-refractivity contribution is 0.590. The maximum Gasteiger partial charge on any atom is 0.0650 e. The molecule has 0 bridgehead atoms. The second-order valence-electron chi connectivity index (χ2n) is 4.80. The van der Waals surface area contributed by atoms with Crippen LogP contribution in [-0.2, 0) is 5.41 Å². The molecule has 0 fully saturated rings. The number of hydrogen-bond acceptors (Lipinski definition) is 1. The molecule has 2 rings (SSSR count). The normalized spacial score (nSPS) is 11.7. The van der Waals surface area contributed by atoms with Crippen molar-refractivity contribution in [2.24, 2.45) is 0 Å². The Labute approximate surface area is 90.3 Å². The van der Waals surface area contributed by atoms with E-state index < -0.39 is 0 Å². The lowest BCUT2D eigenvalue weighted by Gasteiger charge is -2.18. The van der Waals surface area contributed by atoms with Crippen molar-refractivity contribution in [3.8, 4) is 11.3 Å². The molecule has 0 aliphatic rings. The molecule has 2 heteroatoms. The third kappa shape index (κ3) is 2.09. The van der Waals surface area contributed by atoms with Crippen LogP contribution in [0.1, 0.15) is 26.3 Å². The van der Waals surface area contributed by atoms with E-state index in [-0.39, 0.29) is 5.41 Å². The summed E-state index contributed by atoms with van der Waals surface area (Å²) >= 11 is 0. The number of H-pyrrole nitrogens is 1. The van der Waals surface area contributed by atoms with Crippen LogP contribution in [0.2, 0.25) is 0 Å². The van der Waals surface area contributed by atoms with Crippen LogP contribution in [0.3, 0.4) is 0 Å². The average Bonchev–Trinajstić information content (AvgIpc) is 2.69. The number of hydrogen-bond donors (Lipinski definition) is 1. The molecular weight excluding hydrogens is 184 g/mol. The second-order valence-corrected chi connectivity index (χ2v) is 4.80. The Balaban J connectivity index is 2.33. The smallest absolute Gasteiger partial charge is 0.0650 e. The molecule has 0 amide bonds. The first-order valence-electron chi connectivity index (χ1n) is 5.18. The van der Waals surface area contributed by atoms with Crippen LogP contribution in [0.25, 0.3) is 11.3 Å². The summed E-state index contributed by atoms with van der Waals surface area (Å²) in [6, 6.07) is 10.6. The molecule has 15 heavy (non-hydrogen) atoms. The summed E-state index contributed by atoms with van der Waals surface area (Å²) in [7, 11) is 0. The molecule has 1 aromatic heterocycles. The minimum atomic E-state index is 0.215. The van der Waals surface area contributed by atoms with Crippen molar-refractivity contribution >= 4 is 0 Å². The van der Waals surface area contributed by atoms with Crippen molar-refractivity contribution in [3.63, 3.8) is 0 Å². The maximum atomic E-state index is 3.94. The lowest BCUT2D eigenvalue weighted by Crippen LogP contribution is -2.10. The highest BCUT2D eigenvalue weighted by Crippen LogP contribution is 2.24. The zero-order valence-electron chi connectivity index (χ0n) is 9.41. The predicted molar refractivity (Wildman–Crippen MR) is 62.7 cm³/mol. The van der Waals surface area contributed by atoms with Gasteiger partial charge in [-0.1, -0.05) is 45.0 Å². The van der Waals surface area contributed by atoms with Gasteiger partial charge in [-0.25, -0.2) is 0 Å². The molecule has 0 radical (unpaired) electrons. The van der Waals surface area contributed by atoms with Crippen LogP contribution >= 0.6 is 0 Å². The third-order valence-corrected chi connectivity index (χ3v) is 2.56. The zero-order valence-corrected chi connectivity index (χ0v) is 9.41. The average molecular weight is 200 g/mol. The zero-order chi connectivity index (χ0) is 10.9. The summed E-state index contributed by atoms with van der Waals surface area (Å²) in [5.41, 5.74) is 3.81. The Bertz CT molecular complexity index is 419. The number of rotatable bonds is 1. The molecule has 0 unspecified atom stereocenters. The number of nitrogens with one attached hydrogen (secondary N) is 1. The van der Waals surface area contributed by atoms with Crippen LogP contribution in [0, 0.1) is 0 Å². The minimum Gasteiger partial charge on any atom is -0.278 e. The molecule has 2 aromatic rings. The Kier molecular flexibility index (Phi) is 2.35. The standard InChI is InChI=1S/C13H16N2/c1-13(2,3)11-6-4-10(5-7-11)12-8-9-14-15-12/h4-9H,1-3H3,(H,14,15). The van der Waals surface area contributed by atoms with Crippen molar-refractivity contribution in [1.29, 1.82) is 0 Å². The maximum absolute atomic E-state index is 3.94. The van der Waals surface area contributed by atoms with E-state index in [9.17, 15) is 0 Å². The summed E-state index contributed by atoms with van der Waals surface area (Å²) in [5, 5.41) is 6.91. The molecule has 0 atom stereocenters. The molecule has 0 aliphatic carbocycles. The number of nitrogens with zero attached hydrogens (tertiary/aromatic N) is 1. The van der Waals surface area contributed by atoms with E-state index in [0.717, 1.165) is 5.69 Å². The van der Waals surface area contributed by atoms with Gasteiger partial charge in [0, 0.05) is 6.20 Å². The van der Waals surface area contributed by atoms with E-state index in [1.54, 1.807) is 6.20 Å². The quantitative estimate of drug-likeness (QED) is 0.751. The Morgan fingerprint density at radius 1 is 1.00 bits per heavy atom. The predicted octanol–water partition coefficient (Wildman–Crippen LogP) is 3.37. The monoisotopic (exact) mass is 200 g/mol. The number of benzene rings is 1. The van der Waals surface area contributed by atoms with Crippen molar-refractivity contribution in [2.45, 2.75) is 26.2 Å². The molecule has 1 N–H and O–H groups in total. The van der Waals surface area contributed by atoms with E-state index in [1.165, 1.54) is 11.1 Å². The molecule has 0 spiro atoms. The van der Waals surface area contributed by atoms with Gasteiger partial charge < -0.3 is 0 Å². The molecule has 0 saturated heterocycles. The van der Waals surface area contributed by atoms with E-state index in [0.29, 0.717) is 0 Å². The van der Waals surface area contributed by atoms with Gasteiger partial charge in [-0.3, -0.25) is 5.10 Å². The fraction of sp³-hybridized carbons (Fsp3) is 0.308. The largest absolute Gasteiger partial charge is 0.278 e. The Hall–Kier alpha value is -1.57. The molecule has 2 nitrogen and oxygen atoms in total. The van der Waals surface area contributed by atoms with Crippen LogP contribution in [0.15, 0.2) is 36.5 Å². The molecule has 1 heterocycles. The van der Waals surface area contributed by atoms with Gasteiger partial charge in [0.15, 0.2) is 0 Å². The minimum absolute atomic E-state index is 0.215. The van der Waals surface area contributed by atoms with Gasteiger partial charge in [-0.05, 0) is 22.6 Å². The highest BCUT2D eigenvalue weighted by atomic mass is 15.1. The number of aromatic nitrogens is 2. The Morgan fingerprint density at radius 2 is 1.67 bits per heavy atom. The first-order valence-corrected chi connectivity index (χ1v) is 5.18. The fourth-order valence-corrected chi connectivity index (χ4v) is 1.57. The summed E-state index contributed by atoms with van der Waals surface area (Å²) in [4.78, 5) is 0. The van der Waals surface area contributed by atoms with E-state index >= 15 is 0 Å². The third-order valence-electron chi connectivity index (χ3n) is 2.56. The highest BCUT2D eigenvalue weighted by molar-refractivity contribution is 5.58. The van der Waals surface area contributed by atoms with Gasteiger partial charge >= 0.3 is 0 Å². The summed E-state index contributed by atoms with van der Waals surface area (Å²) in [6.07, 6.45) is 1.77. The molecule has 78 valence electrons.